The van der Waals surface area contributed by atoms with Gasteiger partial charge in [-0.15, -0.1) is 0 Å². The van der Waals surface area contributed by atoms with Gasteiger partial charge in [-0.3, -0.25) is 4.90 Å². The summed E-state index contributed by atoms with van der Waals surface area (Å²) in [6.07, 6.45) is 0.314. The maximum absolute atomic E-state index is 13.4. The maximum atomic E-state index is 13.4. The fourth-order valence-electron chi connectivity index (χ4n) is 2.72. The molecule has 112 valence electrons. The minimum atomic E-state index is -0.683. The number of aliphatic hydroxyl groups excluding tert-OH is 2. The van der Waals surface area contributed by atoms with Crippen LogP contribution in [0.25, 0.3) is 0 Å². The SMILES string of the molecule is C[C@@H](O)c1cc(F)ccc1N1CCCN(CCO)CC1. The zero-order valence-corrected chi connectivity index (χ0v) is 11.9. The summed E-state index contributed by atoms with van der Waals surface area (Å²) in [6.45, 7) is 6.07. The van der Waals surface area contributed by atoms with E-state index >= 15 is 0 Å². The number of β-amino-alcohol motifs (C(OH)–C–C–N with tert-alkyl or cyclic N) is 1. The molecule has 2 rings (SSSR count). The first-order valence-corrected chi connectivity index (χ1v) is 7.17. The van der Waals surface area contributed by atoms with Crippen molar-refractivity contribution < 1.29 is 14.6 Å². The quantitative estimate of drug-likeness (QED) is 0.876. The Hall–Kier alpha value is -1.17. The summed E-state index contributed by atoms with van der Waals surface area (Å²) in [5, 5.41) is 18.8. The van der Waals surface area contributed by atoms with Crippen LogP contribution in [-0.2, 0) is 0 Å². The molecule has 0 saturated carbocycles. The lowest BCUT2D eigenvalue weighted by Crippen LogP contribution is -2.32. The van der Waals surface area contributed by atoms with Crippen LogP contribution in [0.15, 0.2) is 18.2 Å². The molecule has 1 aromatic rings. The summed E-state index contributed by atoms with van der Waals surface area (Å²) >= 11 is 0. The molecular formula is C15H23FN2O2. The molecule has 1 fully saturated rings. The van der Waals surface area contributed by atoms with Crippen LogP contribution < -0.4 is 4.90 Å². The zero-order valence-electron chi connectivity index (χ0n) is 11.9. The second-order valence-corrected chi connectivity index (χ2v) is 5.28. The van der Waals surface area contributed by atoms with E-state index in [1.54, 1.807) is 13.0 Å². The highest BCUT2D eigenvalue weighted by Crippen LogP contribution is 2.28. The van der Waals surface area contributed by atoms with Crippen LogP contribution in [0.4, 0.5) is 10.1 Å². The van der Waals surface area contributed by atoms with E-state index < -0.39 is 6.10 Å². The van der Waals surface area contributed by atoms with Crippen molar-refractivity contribution in [2.24, 2.45) is 0 Å². The first-order chi connectivity index (χ1) is 9.61. The molecule has 0 unspecified atom stereocenters. The van der Waals surface area contributed by atoms with Crippen molar-refractivity contribution in [1.29, 1.82) is 0 Å². The Morgan fingerprint density at radius 2 is 2.05 bits per heavy atom. The highest BCUT2D eigenvalue weighted by atomic mass is 19.1. The van der Waals surface area contributed by atoms with E-state index in [9.17, 15) is 9.50 Å². The van der Waals surface area contributed by atoms with Gasteiger partial charge in [0.05, 0.1) is 12.7 Å². The fourth-order valence-corrected chi connectivity index (χ4v) is 2.72. The Bertz CT molecular complexity index is 440. The van der Waals surface area contributed by atoms with Gasteiger partial charge in [-0.25, -0.2) is 4.39 Å². The van der Waals surface area contributed by atoms with Crippen LogP contribution in [-0.4, -0.2) is 54.4 Å². The van der Waals surface area contributed by atoms with Gasteiger partial charge in [0.15, 0.2) is 0 Å². The zero-order chi connectivity index (χ0) is 14.5. The minimum absolute atomic E-state index is 0.176. The Labute approximate surface area is 119 Å². The third kappa shape index (κ3) is 3.69. The van der Waals surface area contributed by atoms with Gasteiger partial charge in [-0.1, -0.05) is 0 Å². The van der Waals surface area contributed by atoms with Crippen LogP contribution >= 0.6 is 0 Å². The van der Waals surface area contributed by atoms with E-state index in [1.807, 2.05) is 0 Å². The number of hydrogen-bond donors (Lipinski definition) is 2. The number of hydrogen-bond acceptors (Lipinski definition) is 4. The van der Waals surface area contributed by atoms with Gasteiger partial charge in [0.1, 0.15) is 5.82 Å². The molecule has 1 aromatic carbocycles. The van der Waals surface area contributed by atoms with Crippen molar-refractivity contribution in [3.8, 4) is 0 Å². The van der Waals surface area contributed by atoms with Crippen molar-refractivity contribution in [2.45, 2.75) is 19.4 Å². The molecule has 0 radical (unpaired) electrons. The molecule has 4 nitrogen and oxygen atoms in total. The van der Waals surface area contributed by atoms with Crippen LogP contribution in [0.3, 0.4) is 0 Å². The lowest BCUT2D eigenvalue weighted by molar-refractivity contribution is 0.199. The number of aliphatic hydroxyl groups is 2. The molecule has 1 aliphatic rings. The number of halogens is 1. The van der Waals surface area contributed by atoms with Crippen LogP contribution in [0.5, 0.6) is 0 Å². The highest BCUT2D eigenvalue weighted by molar-refractivity contribution is 5.55. The Kier molecular flexibility index (Phi) is 5.34. The molecule has 0 bridgehead atoms. The largest absolute Gasteiger partial charge is 0.395 e. The van der Waals surface area contributed by atoms with Gasteiger partial charge >= 0.3 is 0 Å². The number of nitrogens with zero attached hydrogens (tertiary/aromatic N) is 2. The fraction of sp³-hybridized carbons (Fsp3) is 0.600. The van der Waals surface area contributed by atoms with Crippen LogP contribution in [0, 0.1) is 5.82 Å². The summed E-state index contributed by atoms with van der Waals surface area (Å²) < 4.78 is 13.4. The van der Waals surface area contributed by atoms with Gasteiger partial charge in [-0.2, -0.15) is 0 Å². The predicted octanol–water partition coefficient (Wildman–Crippen LogP) is 1.38. The lowest BCUT2D eigenvalue weighted by Gasteiger charge is -2.26. The first-order valence-electron chi connectivity index (χ1n) is 7.17. The van der Waals surface area contributed by atoms with Crippen LogP contribution in [0.1, 0.15) is 25.0 Å². The summed E-state index contributed by atoms with van der Waals surface area (Å²) in [6, 6.07) is 4.60. The smallest absolute Gasteiger partial charge is 0.123 e. The van der Waals surface area contributed by atoms with E-state index in [2.05, 4.69) is 9.80 Å². The molecule has 0 aliphatic carbocycles. The van der Waals surface area contributed by atoms with Gasteiger partial charge in [0, 0.05) is 37.4 Å². The Balaban J connectivity index is 2.15. The monoisotopic (exact) mass is 282 g/mol. The molecule has 20 heavy (non-hydrogen) atoms. The first kappa shape index (κ1) is 15.2. The van der Waals surface area contributed by atoms with Crippen LogP contribution in [0.2, 0.25) is 0 Å². The maximum Gasteiger partial charge on any atom is 0.123 e. The van der Waals surface area contributed by atoms with Crippen molar-refractivity contribution in [2.75, 3.05) is 44.2 Å². The third-order valence-electron chi connectivity index (χ3n) is 3.79. The summed E-state index contributed by atoms with van der Waals surface area (Å²) in [5.41, 5.74) is 1.55. The van der Waals surface area contributed by atoms with Gasteiger partial charge < -0.3 is 15.1 Å². The predicted molar refractivity (Wildman–Crippen MR) is 77.4 cm³/mol. The van der Waals surface area contributed by atoms with E-state index in [-0.39, 0.29) is 12.4 Å². The third-order valence-corrected chi connectivity index (χ3v) is 3.79. The molecule has 1 saturated heterocycles. The average Bonchev–Trinajstić information content (AvgIpc) is 2.65. The molecule has 0 aromatic heterocycles. The van der Waals surface area contributed by atoms with Crippen molar-refractivity contribution in [3.63, 3.8) is 0 Å². The summed E-state index contributed by atoms with van der Waals surface area (Å²) in [7, 11) is 0. The Morgan fingerprint density at radius 3 is 2.75 bits per heavy atom. The summed E-state index contributed by atoms with van der Waals surface area (Å²) in [5.74, 6) is -0.318. The van der Waals surface area contributed by atoms with Gasteiger partial charge in [0.25, 0.3) is 0 Å². The molecule has 5 heteroatoms. The van der Waals surface area contributed by atoms with E-state index in [1.165, 1.54) is 12.1 Å². The molecule has 0 amide bonds. The van der Waals surface area contributed by atoms with E-state index in [4.69, 9.17) is 5.11 Å². The summed E-state index contributed by atoms with van der Waals surface area (Å²) in [4.78, 5) is 4.42. The molecule has 1 aliphatic heterocycles. The second-order valence-electron chi connectivity index (χ2n) is 5.28. The molecule has 0 spiro atoms. The van der Waals surface area contributed by atoms with E-state index in [0.29, 0.717) is 12.1 Å². The molecule has 2 N–H and O–H groups in total. The average molecular weight is 282 g/mol. The normalized spacial score (nSPS) is 18.9. The van der Waals surface area contributed by atoms with E-state index in [0.717, 1.165) is 38.3 Å². The lowest BCUT2D eigenvalue weighted by atomic mass is 10.1. The Morgan fingerprint density at radius 1 is 1.25 bits per heavy atom. The molecular weight excluding hydrogens is 259 g/mol. The van der Waals surface area contributed by atoms with Gasteiger partial charge in [0.2, 0.25) is 0 Å². The van der Waals surface area contributed by atoms with Crippen molar-refractivity contribution in [3.05, 3.63) is 29.6 Å². The topological polar surface area (TPSA) is 46.9 Å². The minimum Gasteiger partial charge on any atom is -0.395 e. The molecule has 1 atom stereocenters. The number of benzene rings is 1. The van der Waals surface area contributed by atoms with Crippen molar-refractivity contribution in [1.82, 2.24) is 4.90 Å². The van der Waals surface area contributed by atoms with Gasteiger partial charge in [-0.05, 0) is 38.1 Å². The second kappa shape index (κ2) is 7.02. The number of anilines is 1. The molecule has 1 heterocycles. The standard InChI is InChI=1S/C15H23FN2O2/c1-12(20)14-11-13(16)3-4-15(14)18-6-2-5-17(7-8-18)9-10-19/h3-4,11-12,19-20H,2,5-10H2,1H3/t12-/m1/s1. The van der Waals surface area contributed by atoms with Crippen molar-refractivity contribution >= 4 is 5.69 Å². The number of rotatable bonds is 4. The highest BCUT2D eigenvalue weighted by Gasteiger charge is 2.19.